The van der Waals surface area contributed by atoms with Crippen molar-refractivity contribution in [3.63, 3.8) is 0 Å². The van der Waals surface area contributed by atoms with E-state index in [4.69, 9.17) is 0 Å². The minimum Gasteiger partial charge on any atom is -0.481 e. The van der Waals surface area contributed by atoms with E-state index < -0.39 is 29.1 Å². The highest BCUT2D eigenvalue weighted by atomic mass is 19.4. The SMILES string of the molecule is CCC1(C(=O)O)CCN(C(=O)NC2(C(F)(F)F)CC2)C1. The third kappa shape index (κ3) is 2.31. The van der Waals surface area contributed by atoms with E-state index in [1.807, 2.05) is 5.32 Å². The first-order valence-corrected chi connectivity index (χ1v) is 6.53. The highest BCUT2D eigenvalue weighted by molar-refractivity contribution is 5.80. The predicted molar refractivity (Wildman–Crippen MR) is 63.1 cm³/mol. The highest BCUT2D eigenvalue weighted by Gasteiger charge is 2.64. The van der Waals surface area contributed by atoms with Gasteiger partial charge in [0.1, 0.15) is 5.54 Å². The number of nitrogens with one attached hydrogen (secondary N) is 1. The second-order valence-corrected chi connectivity index (χ2v) is 5.62. The van der Waals surface area contributed by atoms with Crippen LogP contribution in [0.5, 0.6) is 0 Å². The van der Waals surface area contributed by atoms with Crippen molar-refractivity contribution >= 4 is 12.0 Å². The van der Waals surface area contributed by atoms with Crippen LogP contribution in [0, 0.1) is 5.41 Å². The van der Waals surface area contributed by atoms with Gasteiger partial charge in [-0.3, -0.25) is 4.79 Å². The van der Waals surface area contributed by atoms with Crippen LogP contribution in [0.15, 0.2) is 0 Å². The average Bonchev–Trinajstić information content (AvgIpc) is 3.00. The van der Waals surface area contributed by atoms with Gasteiger partial charge in [0.25, 0.3) is 0 Å². The average molecular weight is 294 g/mol. The van der Waals surface area contributed by atoms with Crippen LogP contribution in [0.2, 0.25) is 0 Å². The van der Waals surface area contributed by atoms with Crippen molar-refractivity contribution in [1.82, 2.24) is 10.2 Å². The van der Waals surface area contributed by atoms with Crippen LogP contribution in [-0.4, -0.2) is 46.8 Å². The summed E-state index contributed by atoms with van der Waals surface area (Å²) in [5.41, 5.74) is -3.14. The zero-order valence-corrected chi connectivity index (χ0v) is 11.1. The first-order chi connectivity index (χ1) is 9.16. The Morgan fingerprint density at radius 1 is 1.30 bits per heavy atom. The lowest BCUT2D eigenvalue weighted by Gasteiger charge is -2.26. The summed E-state index contributed by atoms with van der Waals surface area (Å²) in [6.07, 6.45) is -4.08. The number of carboxylic acids is 1. The zero-order valence-electron chi connectivity index (χ0n) is 11.1. The Bertz CT molecular complexity index is 434. The summed E-state index contributed by atoms with van der Waals surface area (Å²) in [4.78, 5) is 24.3. The summed E-state index contributed by atoms with van der Waals surface area (Å²) >= 11 is 0. The lowest BCUT2D eigenvalue weighted by molar-refractivity contribution is -0.163. The molecule has 20 heavy (non-hydrogen) atoms. The van der Waals surface area contributed by atoms with Crippen LogP contribution >= 0.6 is 0 Å². The smallest absolute Gasteiger partial charge is 0.411 e. The summed E-state index contributed by atoms with van der Waals surface area (Å²) in [6, 6.07) is -0.823. The van der Waals surface area contributed by atoms with Gasteiger partial charge in [0.05, 0.1) is 5.41 Å². The molecule has 0 aromatic heterocycles. The molecule has 0 aromatic carbocycles. The molecule has 1 unspecified atom stereocenters. The zero-order chi connectivity index (χ0) is 15.2. The van der Waals surface area contributed by atoms with Crippen LogP contribution in [0.1, 0.15) is 32.6 Å². The number of aliphatic carboxylic acids is 1. The van der Waals surface area contributed by atoms with E-state index in [0.717, 1.165) is 0 Å². The Hall–Kier alpha value is -1.47. The highest BCUT2D eigenvalue weighted by Crippen LogP contribution is 2.49. The van der Waals surface area contributed by atoms with Crippen LogP contribution in [0.25, 0.3) is 0 Å². The molecule has 0 aromatic rings. The normalized spacial score (nSPS) is 28.3. The molecular weight excluding hydrogens is 277 g/mol. The van der Waals surface area contributed by atoms with E-state index >= 15 is 0 Å². The maximum Gasteiger partial charge on any atom is 0.411 e. The fourth-order valence-corrected chi connectivity index (χ4v) is 2.55. The van der Waals surface area contributed by atoms with Crippen LogP contribution in [0.4, 0.5) is 18.0 Å². The first-order valence-electron chi connectivity index (χ1n) is 6.53. The molecular formula is C12H17F3N2O3. The summed E-state index contributed by atoms with van der Waals surface area (Å²) in [7, 11) is 0. The number of carbonyl (C=O) groups is 2. The molecule has 1 aliphatic carbocycles. The van der Waals surface area contributed by atoms with Gasteiger partial charge in [-0.15, -0.1) is 0 Å². The maximum atomic E-state index is 12.8. The van der Waals surface area contributed by atoms with E-state index in [0.29, 0.717) is 6.42 Å². The molecule has 2 aliphatic rings. The fraction of sp³-hybridized carbons (Fsp3) is 0.833. The van der Waals surface area contributed by atoms with Crippen LogP contribution in [-0.2, 0) is 4.79 Å². The molecule has 1 atom stereocenters. The van der Waals surface area contributed by atoms with Gasteiger partial charge in [0, 0.05) is 13.1 Å². The van der Waals surface area contributed by atoms with Gasteiger partial charge in [0.15, 0.2) is 0 Å². The van der Waals surface area contributed by atoms with Crippen molar-refractivity contribution in [2.75, 3.05) is 13.1 Å². The molecule has 2 fully saturated rings. The Kier molecular flexibility index (Phi) is 3.38. The maximum absolute atomic E-state index is 12.8. The lowest BCUT2D eigenvalue weighted by Crippen LogP contribution is -2.52. The van der Waals surface area contributed by atoms with Gasteiger partial charge >= 0.3 is 18.2 Å². The summed E-state index contributed by atoms with van der Waals surface area (Å²) in [5.74, 6) is -1.01. The molecule has 2 amide bonds. The van der Waals surface area contributed by atoms with Crippen LogP contribution < -0.4 is 5.32 Å². The van der Waals surface area contributed by atoms with Crippen molar-refractivity contribution in [3.05, 3.63) is 0 Å². The number of hydrogen-bond acceptors (Lipinski definition) is 2. The minimum absolute atomic E-state index is 0.0431. The number of nitrogens with zero attached hydrogens (tertiary/aromatic N) is 1. The quantitative estimate of drug-likeness (QED) is 0.836. The standard InChI is InChI=1S/C12H17F3N2O3/c1-2-10(8(18)19)5-6-17(7-10)9(20)16-11(3-4-11)12(13,14)15/h2-7H2,1H3,(H,16,20)(H,18,19). The molecule has 1 saturated carbocycles. The van der Waals surface area contributed by atoms with E-state index in [2.05, 4.69) is 0 Å². The number of urea groups is 1. The molecule has 1 heterocycles. The number of alkyl halides is 3. The van der Waals surface area contributed by atoms with Gasteiger partial charge in [-0.05, 0) is 25.7 Å². The number of hydrogen-bond donors (Lipinski definition) is 2. The van der Waals surface area contributed by atoms with Crippen molar-refractivity contribution in [2.24, 2.45) is 5.41 Å². The molecule has 1 aliphatic heterocycles. The van der Waals surface area contributed by atoms with E-state index in [-0.39, 0.29) is 32.4 Å². The third-order valence-corrected chi connectivity index (χ3v) is 4.41. The second-order valence-electron chi connectivity index (χ2n) is 5.62. The van der Waals surface area contributed by atoms with Crippen molar-refractivity contribution < 1.29 is 27.9 Å². The molecule has 5 nitrogen and oxygen atoms in total. The van der Waals surface area contributed by atoms with E-state index in [1.165, 1.54) is 4.90 Å². The molecule has 0 radical (unpaired) electrons. The van der Waals surface area contributed by atoms with Gasteiger partial charge in [-0.25, -0.2) is 4.79 Å². The second kappa shape index (κ2) is 4.53. The number of rotatable bonds is 3. The molecule has 1 saturated heterocycles. The van der Waals surface area contributed by atoms with E-state index in [9.17, 15) is 27.9 Å². The van der Waals surface area contributed by atoms with Crippen LogP contribution in [0.3, 0.4) is 0 Å². The molecule has 0 spiro atoms. The minimum atomic E-state index is -4.46. The Labute approximate surface area is 114 Å². The molecule has 2 rings (SSSR count). The number of amides is 2. The van der Waals surface area contributed by atoms with Crippen molar-refractivity contribution in [1.29, 1.82) is 0 Å². The van der Waals surface area contributed by atoms with E-state index in [1.54, 1.807) is 6.92 Å². The Morgan fingerprint density at radius 2 is 1.90 bits per heavy atom. The molecule has 0 bridgehead atoms. The predicted octanol–water partition coefficient (Wildman–Crippen LogP) is 1.98. The largest absolute Gasteiger partial charge is 0.481 e. The Morgan fingerprint density at radius 3 is 2.25 bits per heavy atom. The Balaban J connectivity index is 2.01. The number of carbonyl (C=O) groups excluding carboxylic acids is 1. The van der Waals surface area contributed by atoms with Crippen molar-refractivity contribution in [2.45, 2.75) is 44.3 Å². The summed E-state index contributed by atoms with van der Waals surface area (Å²) < 4.78 is 38.3. The molecule has 114 valence electrons. The number of likely N-dealkylation sites (tertiary alicyclic amines) is 1. The topological polar surface area (TPSA) is 69.6 Å². The fourth-order valence-electron chi connectivity index (χ4n) is 2.55. The summed E-state index contributed by atoms with van der Waals surface area (Å²) in [6.45, 7) is 1.83. The van der Waals surface area contributed by atoms with Gasteiger partial charge in [-0.1, -0.05) is 6.92 Å². The first kappa shape index (κ1) is 14.9. The van der Waals surface area contributed by atoms with Crippen molar-refractivity contribution in [3.8, 4) is 0 Å². The van der Waals surface area contributed by atoms with Gasteiger partial charge in [-0.2, -0.15) is 13.2 Å². The molecule has 8 heteroatoms. The monoisotopic (exact) mass is 294 g/mol. The third-order valence-electron chi connectivity index (χ3n) is 4.41. The lowest BCUT2D eigenvalue weighted by atomic mass is 9.84. The summed E-state index contributed by atoms with van der Waals surface area (Å²) in [5, 5.41) is 11.2. The van der Waals surface area contributed by atoms with Gasteiger partial charge < -0.3 is 15.3 Å². The van der Waals surface area contributed by atoms with Gasteiger partial charge in [0.2, 0.25) is 0 Å². The molecule has 2 N–H and O–H groups in total. The number of halogens is 3. The number of carboxylic acid groups (broad SMARTS) is 1.